The van der Waals surface area contributed by atoms with Gasteiger partial charge in [-0.25, -0.2) is 0 Å². The standard InChI is InChI=1S/C25H26NO2.HI/c1-26-14-13-20-9-5-6-10-22(20)25(26)23-12-11-21(17-24(23)27-16-15-26)28-18-19-7-3-2-4-8-19;/h2-12,17,25H,13-16,18H2,1H3;1H/q+1;/p-1. The van der Waals surface area contributed by atoms with Crippen LogP contribution in [-0.2, 0) is 13.0 Å². The highest BCUT2D eigenvalue weighted by molar-refractivity contribution is 5.48. The first-order chi connectivity index (χ1) is 13.7. The summed E-state index contributed by atoms with van der Waals surface area (Å²) in [5.74, 6) is 1.83. The number of likely N-dealkylation sites (N-methyl/N-ethyl adjacent to an activating group) is 1. The third-order valence-electron chi connectivity index (χ3n) is 6.25. The fourth-order valence-corrected chi connectivity index (χ4v) is 4.67. The van der Waals surface area contributed by atoms with Crippen molar-refractivity contribution in [2.45, 2.75) is 19.1 Å². The number of rotatable bonds is 3. The molecule has 2 atom stereocenters. The van der Waals surface area contributed by atoms with Gasteiger partial charge in [0.1, 0.15) is 37.3 Å². The number of benzene rings is 3. The van der Waals surface area contributed by atoms with E-state index in [1.165, 1.54) is 22.3 Å². The van der Waals surface area contributed by atoms with Gasteiger partial charge in [-0.15, -0.1) is 0 Å². The molecule has 4 heteroatoms. The average molecular weight is 499 g/mol. The van der Waals surface area contributed by atoms with Gasteiger partial charge in [-0.05, 0) is 23.3 Å². The monoisotopic (exact) mass is 499 g/mol. The number of hydrogen-bond donors (Lipinski definition) is 0. The van der Waals surface area contributed by atoms with E-state index in [4.69, 9.17) is 9.47 Å². The number of halogens is 1. The fourth-order valence-electron chi connectivity index (χ4n) is 4.67. The van der Waals surface area contributed by atoms with Crippen molar-refractivity contribution in [1.82, 2.24) is 0 Å². The molecule has 0 amide bonds. The van der Waals surface area contributed by atoms with E-state index in [0.29, 0.717) is 12.6 Å². The number of nitrogens with zero attached hydrogens (tertiary/aromatic N) is 1. The Bertz CT molecular complexity index is 991. The average Bonchev–Trinajstić information content (AvgIpc) is 2.88. The van der Waals surface area contributed by atoms with Crippen molar-refractivity contribution in [2.75, 3.05) is 26.7 Å². The molecule has 0 aliphatic carbocycles. The lowest BCUT2D eigenvalue weighted by molar-refractivity contribution is -0.934. The maximum absolute atomic E-state index is 6.22. The van der Waals surface area contributed by atoms with E-state index in [-0.39, 0.29) is 24.0 Å². The Hall–Kier alpha value is -2.05. The maximum atomic E-state index is 6.22. The van der Waals surface area contributed by atoms with Gasteiger partial charge in [0.2, 0.25) is 0 Å². The molecule has 0 fully saturated rings. The number of fused-ring (bicyclic) bond motifs is 5. The SMILES string of the molecule is C[N+]12CCOc3cc(OCc4ccccc4)ccc3C1c1ccccc1CC2.[I-]. The van der Waals surface area contributed by atoms with Crippen LogP contribution in [0, 0.1) is 0 Å². The molecule has 0 aromatic heterocycles. The van der Waals surface area contributed by atoms with E-state index in [1.807, 2.05) is 18.2 Å². The third-order valence-corrected chi connectivity index (χ3v) is 6.25. The summed E-state index contributed by atoms with van der Waals surface area (Å²) in [6.07, 6.45) is 1.14. The molecule has 2 aliphatic rings. The highest BCUT2D eigenvalue weighted by Crippen LogP contribution is 2.45. The Morgan fingerprint density at radius 3 is 2.59 bits per heavy atom. The minimum atomic E-state index is 0. The summed E-state index contributed by atoms with van der Waals surface area (Å²) in [6.45, 7) is 3.48. The predicted octanol–water partition coefficient (Wildman–Crippen LogP) is 1.75. The van der Waals surface area contributed by atoms with Gasteiger partial charge in [0.25, 0.3) is 0 Å². The van der Waals surface area contributed by atoms with E-state index in [1.54, 1.807) is 0 Å². The molecule has 5 rings (SSSR count). The highest BCUT2D eigenvalue weighted by atomic mass is 127. The van der Waals surface area contributed by atoms with Crippen LogP contribution in [0.15, 0.2) is 72.8 Å². The third kappa shape index (κ3) is 3.88. The van der Waals surface area contributed by atoms with Gasteiger partial charge in [-0.2, -0.15) is 0 Å². The van der Waals surface area contributed by atoms with E-state index in [2.05, 4.69) is 61.6 Å². The Balaban J connectivity index is 0.00000205. The summed E-state index contributed by atoms with van der Waals surface area (Å²) in [5.41, 5.74) is 5.37. The molecule has 150 valence electrons. The van der Waals surface area contributed by atoms with Crippen LogP contribution in [0.2, 0.25) is 0 Å². The van der Waals surface area contributed by atoms with E-state index in [0.717, 1.165) is 42.1 Å². The second kappa shape index (κ2) is 8.36. The van der Waals surface area contributed by atoms with Crippen LogP contribution < -0.4 is 33.5 Å². The Morgan fingerprint density at radius 1 is 0.931 bits per heavy atom. The minimum Gasteiger partial charge on any atom is -1.00 e. The maximum Gasteiger partial charge on any atom is 0.144 e. The largest absolute Gasteiger partial charge is 1.00 e. The summed E-state index contributed by atoms with van der Waals surface area (Å²) < 4.78 is 13.3. The van der Waals surface area contributed by atoms with E-state index < -0.39 is 0 Å². The molecule has 0 N–H and O–H groups in total. The number of hydrogen-bond acceptors (Lipinski definition) is 2. The molecule has 0 saturated heterocycles. The highest BCUT2D eigenvalue weighted by Gasteiger charge is 2.43. The van der Waals surface area contributed by atoms with Gasteiger partial charge in [-0.1, -0.05) is 54.6 Å². The molecule has 3 nitrogen and oxygen atoms in total. The van der Waals surface area contributed by atoms with Crippen LogP contribution in [0.25, 0.3) is 0 Å². The molecule has 0 saturated carbocycles. The summed E-state index contributed by atoms with van der Waals surface area (Å²) in [5, 5.41) is 0. The zero-order chi connectivity index (χ0) is 19.0. The summed E-state index contributed by atoms with van der Waals surface area (Å²) in [4.78, 5) is 0. The van der Waals surface area contributed by atoms with Gasteiger partial charge in [0.05, 0.1) is 19.2 Å². The van der Waals surface area contributed by atoms with Crippen molar-refractivity contribution in [3.05, 3.63) is 95.1 Å². The lowest BCUT2D eigenvalue weighted by Crippen LogP contribution is -3.00. The summed E-state index contributed by atoms with van der Waals surface area (Å²) in [7, 11) is 2.37. The lowest BCUT2D eigenvalue weighted by atomic mass is 9.86. The normalized spacial score (nSPS) is 22.0. The first-order valence-electron chi connectivity index (χ1n) is 10.1. The zero-order valence-electron chi connectivity index (χ0n) is 16.7. The van der Waals surface area contributed by atoms with Crippen molar-refractivity contribution in [2.24, 2.45) is 0 Å². The number of quaternary nitrogens is 1. The molecule has 0 bridgehead atoms. The zero-order valence-corrected chi connectivity index (χ0v) is 18.8. The molecule has 2 unspecified atom stereocenters. The first kappa shape index (κ1) is 20.2. The van der Waals surface area contributed by atoms with E-state index in [9.17, 15) is 0 Å². The molecule has 3 aromatic carbocycles. The van der Waals surface area contributed by atoms with Gasteiger partial charge in [-0.3, -0.25) is 0 Å². The molecular weight excluding hydrogens is 473 g/mol. The summed E-state index contributed by atoms with van der Waals surface area (Å²) >= 11 is 0. The van der Waals surface area contributed by atoms with Crippen LogP contribution in [0.1, 0.15) is 28.3 Å². The van der Waals surface area contributed by atoms with Crippen LogP contribution in [-0.4, -0.2) is 31.2 Å². The fraction of sp³-hybridized carbons (Fsp3) is 0.280. The molecule has 3 aromatic rings. The first-order valence-corrected chi connectivity index (χ1v) is 10.1. The van der Waals surface area contributed by atoms with Crippen LogP contribution in [0.5, 0.6) is 11.5 Å². The van der Waals surface area contributed by atoms with Gasteiger partial charge >= 0.3 is 0 Å². The molecule has 29 heavy (non-hydrogen) atoms. The van der Waals surface area contributed by atoms with Gasteiger partial charge in [0.15, 0.2) is 0 Å². The van der Waals surface area contributed by atoms with Crippen molar-refractivity contribution in [3.8, 4) is 11.5 Å². The Morgan fingerprint density at radius 2 is 1.72 bits per heavy atom. The summed E-state index contributed by atoms with van der Waals surface area (Å²) in [6, 6.07) is 25.9. The predicted molar refractivity (Wildman–Crippen MR) is 111 cm³/mol. The van der Waals surface area contributed by atoms with Crippen molar-refractivity contribution < 1.29 is 37.9 Å². The lowest BCUT2D eigenvalue weighted by Gasteiger charge is -2.44. The van der Waals surface area contributed by atoms with Crippen molar-refractivity contribution in [1.29, 1.82) is 0 Å². The second-order valence-electron chi connectivity index (χ2n) is 8.10. The second-order valence-corrected chi connectivity index (χ2v) is 8.10. The minimum absolute atomic E-state index is 0. The molecular formula is C25H26INO2. The smallest absolute Gasteiger partial charge is 0.144 e. The Labute approximate surface area is 189 Å². The van der Waals surface area contributed by atoms with Crippen LogP contribution in [0.3, 0.4) is 0 Å². The van der Waals surface area contributed by atoms with Crippen LogP contribution >= 0.6 is 0 Å². The quantitative estimate of drug-likeness (QED) is 0.404. The van der Waals surface area contributed by atoms with E-state index >= 15 is 0 Å². The van der Waals surface area contributed by atoms with Crippen molar-refractivity contribution >= 4 is 0 Å². The van der Waals surface area contributed by atoms with Crippen molar-refractivity contribution in [3.63, 3.8) is 0 Å². The van der Waals surface area contributed by atoms with Crippen LogP contribution in [0.4, 0.5) is 0 Å². The van der Waals surface area contributed by atoms with Gasteiger partial charge in [0, 0.05) is 18.1 Å². The Kier molecular flexibility index (Phi) is 5.83. The topological polar surface area (TPSA) is 18.5 Å². The molecule has 2 aliphatic heterocycles. The molecule has 0 spiro atoms. The number of ether oxygens (including phenoxy) is 2. The van der Waals surface area contributed by atoms with Gasteiger partial charge < -0.3 is 37.9 Å². The molecule has 0 radical (unpaired) electrons. The molecule has 2 heterocycles.